The van der Waals surface area contributed by atoms with Gasteiger partial charge in [-0.1, -0.05) is 28.6 Å². The van der Waals surface area contributed by atoms with Gasteiger partial charge in [-0.2, -0.15) is 5.10 Å². The normalized spacial score (nSPS) is 10.4. The zero-order valence-electron chi connectivity index (χ0n) is 15.3. The van der Waals surface area contributed by atoms with Crippen molar-refractivity contribution in [3.8, 4) is 11.5 Å². The number of carbonyl (C=O) groups excluding carboxylic acids is 2. The van der Waals surface area contributed by atoms with Crippen LogP contribution in [0.4, 0.5) is 5.69 Å². The Morgan fingerprint density at radius 3 is 2.57 bits per heavy atom. The van der Waals surface area contributed by atoms with Crippen molar-refractivity contribution in [2.24, 2.45) is 5.10 Å². The molecule has 2 aromatic rings. The number of amides is 2. The Balaban J connectivity index is 1.94. The van der Waals surface area contributed by atoms with Crippen molar-refractivity contribution < 1.29 is 19.1 Å². The first-order valence-corrected chi connectivity index (χ1v) is 9.23. The van der Waals surface area contributed by atoms with Crippen LogP contribution in [0, 0.1) is 0 Å². The van der Waals surface area contributed by atoms with E-state index in [-0.39, 0.29) is 0 Å². The second-order valence-electron chi connectivity index (χ2n) is 5.39. The number of hydrazone groups is 1. The highest BCUT2D eigenvalue weighted by Crippen LogP contribution is 2.21. The predicted octanol–water partition coefficient (Wildman–Crippen LogP) is 3.50. The second-order valence-corrected chi connectivity index (χ2v) is 6.31. The SMILES string of the molecule is C=CCOc1ccc(Br)cc1C=NNC(=O)C(=O)Nc1ccc(OCC)cc1. The van der Waals surface area contributed by atoms with Crippen LogP contribution in [0.25, 0.3) is 0 Å². The van der Waals surface area contributed by atoms with E-state index in [1.165, 1.54) is 6.21 Å². The number of nitrogens with zero attached hydrogens (tertiary/aromatic N) is 1. The Hall–Kier alpha value is -3.13. The molecule has 0 aromatic heterocycles. The van der Waals surface area contributed by atoms with Crippen LogP contribution in [0.2, 0.25) is 0 Å². The van der Waals surface area contributed by atoms with Crippen molar-refractivity contribution in [1.29, 1.82) is 0 Å². The molecule has 0 atom stereocenters. The number of hydrogen-bond acceptors (Lipinski definition) is 5. The van der Waals surface area contributed by atoms with E-state index in [1.807, 2.05) is 13.0 Å². The quantitative estimate of drug-likeness (QED) is 0.281. The van der Waals surface area contributed by atoms with E-state index >= 15 is 0 Å². The Morgan fingerprint density at radius 1 is 1.14 bits per heavy atom. The molecule has 2 rings (SSSR count). The molecule has 0 fully saturated rings. The maximum absolute atomic E-state index is 12.0. The molecule has 0 heterocycles. The van der Waals surface area contributed by atoms with Gasteiger partial charge in [-0.05, 0) is 49.4 Å². The van der Waals surface area contributed by atoms with Crippen molar-refractivity contribution in [3.63, 3.8) is 0 Å². The van der Waals surface area contributed by atoms with Crippen LogP contribution >= 0.6 is 15.9 Å². The molecule has 0 aliphatic carbocycles. The van der Waals surface area contributed by atoms with Gasteiger partial charge in [0, 0.05) is 15.7 Å². The number of rotatable bonds is 8. The molecule has 28 heavy (non-hydrogen) atoms. The molecular formula is C20H20BrN3O4. The first kappa shape index (κ1) is 21.2. The molecule has 0 bridgehead atoms. The van der Waals surface area contributed by atoms with Gasteiger partial charge in [-0.15, -0.1) is 0 Å². The van der Waals surface area contributed by atoms with Crippen molar-refractivity contribution in [3.05, 3.63) is 65.2 Å². The molecule has 0 radical (unpaired) electrons. The fraction of sp³-hybridized carbons (Fsp3) is 0.150. The number of anilines is 1. The molecule has 0 unspecified atom stereocenters. The summed E-state index contributed by atoms with van der Waals surface area (Å²) < 4.78 is 11.7. The summed E-state index contributed by atoms with van der Waals surface area (Å²) in [5.74, 6) is -0.481. The van der Waals surface area contributed by atoms with Crippen LogP contribution in [0.15, 0.2) is 64.7 Å². The summed E-state index contributed by atoms with van der Waals surface area (Å²) in [6, 6.07) is 12.0. The van der Waals surface area contributed by atoms with Crippen molar-refractivity contribution in [1.82, 2.24) is 5.43 Å². The van der Waals surface area contributed by atoms with Gasteiger partial charge in [0.2, 0.25) is 0 Å². The molecule has 146 valence electrons. The third-order valence-corrected chi connectivity index (χ3v) is 3.82. The first-order valence-electron chi connectivity index (χ1n) is 8.44. The minimum Gasteiger partial charge on any atom is -0.494 e. The van der Waals surface area contributed by atoms with Crippen LogP contribution in [0.1, 0.15) is 12.5 Å². The van der Waals surface area contributed by atoms with Gasteiger partial charge in [0.05, 0.1) is 12.8 Å². The highest BCUT2D eigenvalue weighted by Gasteiger charge is 2.13. The summed E-state index contributed by atoms with van der Waals surface area (Å²) in [5.41, 5.74) is 3.29. The molecule has 2 aromatic carbocycles. The van der Waals surface area contributed by atoms with Crippen molar-refractivity contribution >= 4 is 39.6 Å². The summed E-state index contributed by atoms with van der Waals surface area (Å²) in [5, 5.41) is 6.30. The van der Waals surface area contributed by atoms with Crippen LogP contribution in [-0.4, -0.2) is 31.2 Å². The van der Waals surface area contributed by atoms with E-state index in [0.29, 0.717) is 36.0 Å². The molecule has 0 saturated heterocycles. The van der Waals surface area contributed by atoms with E-state index in [9.17, 15) is 9.59 Å². The summed E-state index contributed by atoms with van der Waals surface area (Å²) in [6.07, 6.45) is 3.02. The van der Waals surface area contributed by atoms with Gasteiger partial charge < -0.3 is 14.8 Å². The lowest BCUT2D eigenvalue weighted by molar-refractivity contribution is -0.136. The van der Waals surface area contributed by atoms with Gasteiger partial charge in [0.25, 0.3) is 0 Å². The maximum atomic E-state index is 12.0. The molecule has 2 N–H and O–H groups in total. The third-order valence-electron chi connectivity index (χ3n) is 3.33. The topological polar surface area (TPSA) is 89.0 Å². The minimum atomic E-state index is -0.895. The van der Waals surface area contributed by atoms with Gasteiger partial charge in [-0.3, -0.25) is 9.59 Å². The Morgan fingerprint density at radius 2 is 1.89 bits per heavy atom. The lowest BCUT2D eigenvalue weighted by Gasteiger charge is -2.08. The fourth-order valence-electron chi connectivity index (χ4n) is 2.10. The monoisotopic (exact) mass is 445 g/mol. The van der Waals surface area contributed by atoms with Gasteiger partial charge in [-0.25, -0.2) is 5.43 Å². The predicted molar refractivity (Wildman–Crippen MR) is 112 cm³/mol. The van der Waals surface area contributed by atoms with Gasteiger partial charge in [0.1, 0.15) is 18.1 Å². The molecule has 0 aliphatic rings. The molecule has 8 heteroatoms. The van der Waals surface area contributed by atoms with Crippen molar-refractivity contribution in [2.45, 2.75) is 6.92 Å². The number of carbonyl (C=O) groups is 2. The minimum absolute atomic E-state index is 0.333. The highest BCUT2D eigenvalue weighted by atomic mass is 79.9. The number of nitrogens with one attached hydrogen (secondary N) is 2. The average molecular weight is 446 g/mol. The fourth-order valence-corrected chi connectivity index (χ4v) is 2.48. The number of ether oxygens (including phenoxy) is 2. The molecule has 0 aliphatic heterocycles. The summed E-state index contributed by atoms with van der Waals surface area (Å²) in [7, 11) is 0. The Bertz CT molecular complexity index is 866. The first-order chi connectivity index (χ1) is 13.5. The summed E-state index contributed by atoms with van der Waals surface area (Å²) in [6.45, 7) is 6.36. The zero-order chi connectivity index (χ0) is 20.4. The van der Waals surface area contributed by atoms with Gasteiger partial charge >= 0.3 is 11.8 Å². The molecule has 2 amide bonds. The molecular weight excluding hydrogens is 426 g/mol. The van der Waals surface area contributed by atoms with E-state index in [1.54, 1.807) is 42.5 Å². The summed E-state index contributed by atoms with van der Waals surface area (Å²) >= 11 is 3.36. The maximum Gasteiger partial charge on any atom is 0.329 e. The zero-order valence-corrected chi connectivity index (χ0v) is 16.9. The smallest absolute Gasteiger partial charge is 0.329 e. The molecule has 0 saturated carbocycles. The molecule has 0 spiro atoms. The van der Waals surface area contributed by atoms with Crippen molar-refractivity contribution in [2.75, 3.05) is 18.5 Å². The highest BCUT2D eigenvalue weighted by molar-refractivity contribution is 9.10. The largest absolute Gasteiger partial charge is 0.494 e. The van der Waals surface area contributed by atoms with E-state index < -0.39 is 11.8 Å². The third kappa shape index (κ3) is 6.55. The molecule has 7 nitrogen and oxygen atoms in total. The summed E-state index contributed by atoms with van der Waals surface area (Å²) in [4.78, 5) is 23.9. The van der Waals surface area contributed by atoms with Crippen LogP contribution < -0.4 is 20.2 Å². The number of benzene rings is 2. The Labute approximate surface area is 171 Å². The van der Waals surface area contributed by atoms with E-state index in [0.717, 1.165) is 4.47 Å². The lowest BCUT2D eigenvalue weighted by Crippen LogP contribution is -2.32. The lowest BCUT2D eigenvalue weighted by atomic mass is 10.2. The van der Waals surface area contributed by atoms with E-state index in [4.69, 9.17) is 9.47 Å². The second kappa shape index (κ2) is 10.9. The number of hydrogen-bond donors (Lipinski definition) is 2. The van der Waals surface area contributed by atoms with E-state index in [2.05, 4.69) is 38.4 Å². The van der Waals surface area contributed by atoms with Gasteiger partial charge in [0.15, 0.2) is 0 Å². The Kier molecular flexibility index (Phi) is 8.23. The van der Waals surface area contributed by atoms with Crippen LogP contribution in [0.5, 0.6) is 11.5 Å². The standard InChI is InChI=1S/C20H20BrN3O4/c1-3-11-28-18-10-5-15(21)12-14(18)13-22-24-20(26)19(25)23-16-6-8-17(9-7-16)27-4-2/h3,5-10,12-13H,1,4,11H2,2H3,(H,23,25)(H,24,26). The van der Waals surface area contributed by atoms with Crippen LogP contribution in [-0.2, 0) is 9.59 Å². The number of halogens is 1. The average Bonchev–Trinajstić information content (AvgIpc) is 2.69. The van der Waals surface area contributed by atoms with Crippen LogP contribution in [0.3, 0.4) is 0 Å².